The van der Waals surface area contributed by atoms with Crippen LogP contribution in [0.4, 0.5) is 19.0 Å². The van der Waals surface area contributed by atoms with Gasteiger partial charge in [-0.3, -0.25) is 9.48 Å². The second kappa shape index (κ2) is 6.67. The molecule has 1 amide bonds. The van der Waals surface area contributed by atoms with Gasteiger partial charge in [0.25, 0.3) is 0 Å². The zero-order chi connectivity index (χ0) is 18.1. The molecule has 1 aromatic carbocycles. The van der Waals surface area contributed by atoms with Gasteiger partial charge in [0.15, 0.2) is 0 Å². The first-order valence-electron chi connectivity index (χ1n) is 7.56. The summed E-state index contributed by atoms with van der Waals surface area (Å²) in [5, 5.41) is 7.07. The Morgan fingerprint density at radius 2 is 1.83 bits per heavy atom. The van der Waals surface area contributed by atoms with Crippen molar-refractivity contribution < 1.29 is 18.0 Å². The molecule has 0 unspecified atom stereocenters. The minimum absolute atomic E-state index is 0.194. The highest BCUT2D eigenvalue weighted by Crippen LogP contribution is 2.29. The molecule has 1 heterocycles. The number of aromatic nitrogens is 2. The van der Waals surface area contributed by atoms with Crippen LogP contribution < -0.4 is 5.32 Å². The lowest BCUT2D eigenvalue weighted by Crippen LogP contribution is -2.24. The summed E-state index contributed by atoms with van der Waals surface area (Å²) in [6, 6.07) is 4.89. The third-order valence-corrected chi connectivity index (χ3v) is 4.03. The number of hydrogen-bond donors (Lipinski definition) is 1. The van der Waals surface area contributed by atoms with E-state index in [4.69, 9.17) is 0 Å². The summed E-state index contributed by atoms with van der Waals surface area (Å²) in [5.41, 5.74) is 1.73. The van der Waals surface area contributed by atoms with Crippen molar-refractivity contribution in [2.24, 2.45) is 13.0 Å². The van der Waals surface area contributed by atoms with Crippen LogP contribution in [0.5, 0.6) is 0 Å². The van der Waals surface area contributed by atoms with Gasteiger partial charge >= 0.3 is 6.18 Å². The maximum Gasteiger partial charge on any atom is 0.416 e. The van der Waals surface area contributed by atoms with Gasteiger partial charge in [-0.15, -0.1) is 0 Å². The Morgan fingerprint density at radius 3 is 2.29 bits per heavy atom. The van der Waals surface area contributed by atoms with Crippen LogP contribution in [0.25, 0.3) is 0 Å². The Hall–Kier alpha value is -2.31. The summed E-state index contributed by atoms with van der Waals surface area (Å²) in [5.74, 6) is 0.0640. The smallest absolute Gasteiger partial charge is 0.310 e. The number of benzene rings is 1. The van der Waals surface area contributed by atoms with Gasteiger partial charge < -0.3 is 5.32 Å². The molecule has 2 rings (SSSR count). The number of nitrogens with one attached hydrogen (secondary N) is 1. The van der Waals surface area contributed by atoms with E-state index in [1.54, 1.807) is 18.7 Å². The molecule has 4 nitrogen and oxygen atoms in total. The maximum absolute atomic E-state index is 12.6. The van der Waals surface area contributed by atoms with Crippen LogP contribution in [0.1, 0.15) is 29.3 Å². The molecule has 24 heavy (non-hydrogen) atoms. The Bertz CT molecular complexity index is 733. The number of aryl methyl sites for hydroxylation is 2. The van der Waals surface area contributed by atoms with E-state index in [0.717, 1.165) is 23.4 Å². The fraction of sp³-hybridized carbons (Fsp3) is 0.412. The van der Waals surface area contributed by atoms with Crippen molar-refractivity contribution in [3.05, 3.63) is 46.6 Å². The third kappa shape index (κ3) is 3.96. The maximum atomic E-state index is 12.6. The second-order valence-corrected chi connectivity index (χ2v) is 5.97. The number of anilines is 1. The van der Waals surface area contributed by atoms with E-state index in [1.807, 2.05) is 13.8 Å². The summed E-state index contributed by atoms with van der Waals surface area (Å²) >= 11 is 0. The number of alkyl halides is 3. The highest BCUT2D eigenvalue weighted by molar-refractivity contribution is 5.92. The minimum Gasteiger partial charge on any atom is -0.310 e. The van der Waals surface area contributed by atoms with E-state index in [0.29, 0.717) is 17.8 Å². The molecule has 0 saturated heterocycles. The van der Waals surface area contributed by atoms with Crippen LogP contribution in [0.3, 0.4) is 0 Å². The molecular formula is C17H20F3N3O. The molecule has 1 N–H and O–H groups in total. The van der Waals surface area contributed by atoms with E-state index in [2.05, 4.69) is 10.4 Å². The highest BCUT2D eigenvalue weighted by Gasteiger charge is 2.30. The van der Waals surface area contributed by atoms with E-state index >= 15 is 0 Å². The predicted molar refractivity (Wildman–Crippen MR) is 85.6 cm³/mol. The quantitative estimate of drug-likeness (QED) is 0.919. The second-order valence-electron chi connectivity index (χ2n) is 5.97. The lowest BCUT2D eigenvalue weighted by atomic mass is 9.99. The van der Waals surface area contributed by atoms with E-state index < -0.39 is 11.7 Å². The van der Waals surface area contributed by atoms with Crippen molar-refractivity contribution in [1.82, 2.24) is 9.78 Å². The van der Waals surface area contributed by atoms with Gasteiger partial charge in [0, 0.05) is 18.5 Å². The number of rotatable bonds is 4. The summed E-state index contributed by atoms with van der Waals surface area (Å²) < 4.78 is 39.3. The van der Waals surface area contributed by atoms with Crippen molar-refractivity contribution in [2.75, 3.05) is 5.32 Å². The molecular weight excluding hydrogens is 319 g/mol. The standard InChI is InChI=1S/C17H20F3N3O/c1-10(9-13-5-7-14(8-6-13)17(18,19)20)16(24)21-15-11(2)12(3)22-23(15)4/h5-8,10H,9H2,1-4H3,(H,21,24)/t10-/m0/s1. The zero-order valence-corrected chi connectivity index (χ0v) is 14.0. The van der Waals surface area contributed by atoms with Crippen LogP contribution in [-0.4, -0.2) is 15.7 Å². The molecule has 1 atom stereocenters. The minimum atomic E-state index is -4.35. The molecule has 130 valence electrons. The molecule has 0 bridgehead atoms. The Labute approximate surface area is 138 Å². The lowest BCUT2D eigenvalue weighted by Gasteiger charge is -2.14. The first-order chi connectivity index (χ1) is 11.1. The Morgan fingerprint density at radius 1 is 1.25 bits per heavy atom. The van der Waals surface area contributed by atoms with Gasteiger partial charge in [0.05, 0.1) is 11.3 Å². The van der Waals surface area contributed by atoms with Gasteiger partial charge in [-0.1, -0.05) is 19.1 Å². The largest absolute Gasteiger partial charge is 0.416 e. The zero-order valence-electron chi connectivity index (χ0n) is 14.0. The molecule has 7 heteroatoms. The van der Waals surface area contributed by atoms with Gasteiger partial charge in [0.1, 0.15) is 5.82 Å². The number of carbonyl (C=O) groups is 1. The van der Waals surface area contributed by atoms with Gasteiger partial charge in [-0.2, -0.15) is 18.3 Å². The molecule has 0 spiro atoms. The molecule has 0 radical (unpaired) electrons. The Kier molecular flexibility index (Phi) is 5.01. The fourth-order valence-corrected chi connectivity index (χ4v) is 2.45. The van der Waals surface area contributed by atoms with Crippen LogP contribution >= 0.6 is 0 Å². The van der Waals surface area contributed by atoms with Gasteiger partial charge in [0.2, 0.25) is 5.91 Å². The van der Waals surface area contributed by atoms with E-state index in [9.17, 15) is 18.0 Å². The highest BCUT2D eigenvalue weighted by atomic mass is 19.4. The van der Waals surface area contributed by atoms with E-state index in [1.165, 1.54) is 12.1 Å². The van der Waals surface area contributed by atoms with E-state index in [-0.39, 0.29) is 11.8 Å². The van der Waals surface area contributed by atoms with Crippen molar-refractivity contribution in [3.8, 4) is 0 Å². The van der Waals surface area contributed by atoms with Crippen LogP contribution in [0.2, 0.25) is 0 Å². The molecule has 0 aliphatic rings. The summed E-state index contributed by atoms with van der Waals surface area (Å²) in [4.78, 5) is 12.3. The lowest BCUT2D eigenvalue weighted by molar-refractivity contribution is -0.137. The van der Waals surface area contributed by atoms with Crippen LogP contribution in [-0.2, 0) is 24.4 Å². The molecule has 0 aliphatic heterocycles. The summed E-state index contributed by atoms with van der Waals surface area (Å²) in [7, 11) is 1.75. The topological polar surface area (TPSA) is 46.9 Å². The Balaban J connectivity index is 2.04. The average Bonchev–Trinajstić information content (AvgIpc) is 2.73. The van der Waals surface area contributed by atoms with Crippen LogP contribution in [0.15, 0.2) is 24.3 Å². The average molecular weight is 339 g/mol. The molecule has 2 aromatic rings. The summed E-state index contributed by atoms with van der Waals surface area (Å²) in [6.45, 7) is 5.47. The number of amides is 1. The predicted octanol–water partition coefficient (Wildman–Crippen LogP) is 3.87. The SMILES string of the molecule is Cc1nn(C)c(NC(=O)[C@@H](C)Cc2ccc(C(F)(F)F)cc2)c1C. The molecule has 0 aliphatic carbocycles. The number of hydrogen-bond acceptors (Lipinski definition) is 2. The molecule has 1 aromatic heterocycles. The van der Waals surface area contributed by atoms with Crippen molar-refractivity contribution >= 4 is 11.7 Å². The van der Waals surface area contributed by atoms with Crippen LogP contribution in [0, 0.1) is 19.8 Å². The summed E-state index contributed by atoms with van der Waals surface area (Å²) in [6.07, 6.45) is -3.99. The molecule has 0 fully saturated rings. The number of nitrogens with zero attached hydrogens (tertiary/aromatic N) is 2. The number of halogens is 3. The van der Waals surface area contributed by atoms with Crippen molar-refractivity contribution in [2.45, 2.75) is 33.4 Å². The van der Waals surface area contributed by atoms with Gasteiger partial charge in [-0.05, 0) is 38.0 Å². The normalized spacial score (nSPS) is 13.0. The van der Waals surface area contributed by atoms with Crippen molar-refractivity contribution in [3.63, 3.8) is 0 Å². The number of carbonyl (C=O) groups excluding carboxylic acids is 1. The molecule has 0 saturated carbocycles. The van der Waals surface area contributed by atoms with Crippen molar-refractivity contribution in [1.29, 1.82) is 0 Å². The first-order valence-corrected chi connectivity index (χ1v) is 7.56. The van der Waals surface area contributed by atoms with Gasteiger partial charge in [-0.25, -0.2) is 0 Å². The fourth-order valence-electron chi connectivity index (χ4n) is 2.45. The first kappa shape index (κ1) is 18.0. The third-order valence-electron chi connectivity index (χ3n) is 4.03. The monoisotopic (exact) mass is 339 g/mol.